The van der Waals surface area contributed by atoms with Crippen LogP contribution in [0.2, 0.25) is 0 Å². The second kappa shape index (κ2) is 44.6. The van der Waals surface area contributed by atoms with E-state index in [9.17, 15) is 0 Å². The molecule has 0 amide bonds. The second-order valence-electron chi connectivity index (χ2n) is 39.0. The number of hydrogen-bond donors (Lipinski definition) is 0. The summed E-state index contributed by atoms with van der Waals surface area (Å²) in [6, 6.07) is 0. The predicted molar refractivity (Wildman–Crippen MR) is 401 cm³/mol. The van der Waals surface area contributed by atoms with Gasteiger partial charge >= 0.3 is 0 Å². The Morgan fingerprint density at radius 3 is 0.506 bits per heavy atom. The summed E-state index contributed by atoms with van der Waals surface area (Å²) in [5.41, 5.74) is 6.53. The predicted octanol–water partition coefficient (Wildman–Crippen LogP) is 32.4. The van der Waals surface area contributed by atoms with Crippen molar-refractivity contribution in [3.63, 3.8) is 0 Å². The van der Waals surface area contributed by atoms with Gasteiger partial charge in [-0.3, -0.25) is 0 Å². The topological polar surface area (TPSA) is 0 Å². The van der Waals surface area contributed by atoms with Crippen LogP contribution in [0, 0.1) is 60.1 Å². The molecule has 0 aromatic carbocycles. The van der Waals surface area contributed by atoms with Crippen LogP contribution in [-0.2, 0) is 0 Å². The van der Waals surface area contributed by atoms with Crippen LogP contribution in [0.5, 0.6) is 0 Å². The highest BCUT2D eigenvalue weighted by Gasteiger charge is 2.39. The van der Waals surface area contributed by atoms with Crippen molar-refractivity contribution in [1.82, 2.24) is 0 Å². The molecule has 0 aromatic rings. The average Bonchev–Trinajstić information content (AvgIpc) is 4.15. The average molecular weight is 1220 g/mol. The molecule has 0 radical (unpaired) electrons. The van der Waals surface area contributed by atoms with Crippen LogP contribution >= 0.6 is 0 Å². The molecular formula is C87H174. The Balaban J connectivity index is 0.000000493. The van der Waals surface area contributed by atoms with Gasteiger partial charge in [0.2, 0.25) is 0 Å². The van der Waals surface area contributed by atoms with E-state index in [0.29, 0.717) is 48.7 Å². The molecule has 0 aliphatic heterocycles. The van der Waals surface area contributed by atoms with Gasteiger partial charge in [-0.25, -0.2) is 0 Å². The van der Waals surface area contributed by atoms with Crippen LogP contribution in [0.15, 0.2) is 0 Å². The molecule has 0 unspecified atom stereocenters. The van der Waals surface area contributed by atoms with Crippen LogP contribution in [-0.4, -0.2) is 0 Å². The molecule has 9 rings (SSSR count). The second-order valence-corrected chi connectivity index (χ2v) is 39.0. The third-order valence-electron chi connectivity index (χ3n) is 25.6. The molecular weight excluding hydrogens is 1040 g/mol. The lowest BCUT2D eigenvalue weighted by molar-refractivity contribution is 0.117. The summed E-state index contributed by atoms with van der Waals surface area (Å²) in [5.74, 6) is 0.889. The molecule has 0 saturated heterocycles. The van der Waals surface area contributed by atoms with E-state index in [1.54, 1.807) is 0 Å². The normalized spacial score (nSPS) is 26.6. The lowest BCUT2D eigenvalue weighted by Crippen LogP contribution is -2.29. The molecule has 9 fully saturated rings. The maximum absolute atomic E-state index is 2.46. The number of rotatable bonds is 2. The van der Waals surface area contributed by atoms with Gasteiger partial charge < -0.3 is 0 Å². The summed E-state index contributed by atoms with van der Waals surface area (Å²) in [6.45, 7) is 50.3. The fraction of sp³-hybridized carbons (Fsp3) is 1.00. The first-order valence-corrected chi connectivity index (χ1v) is 40.6. The van der Waals surface area contributed by atoms with Gasteiger partial charge in [0.15, 0.2) is 0 Å². The monoisotopic (exact) mass is 1220 g/mol. The first kappa shape index (κ1) is 85.0. The van der Waals surface area contributed by atoms with Gasteiger partial charge in [-0.2, -0.15) is 0 Å². The molecule has 0 atom stereocenters. The van der Waals surface area contributed by atoms with E-state index in [2.05, 4.69) is 145 Å². The summed E-state index contributed by atoms with van der Waals surface area (Å²) in [6.07, 6.45) is 80.6. The molecule has 9 aliphatic carbocycles. The van der Waals surface area contributed by atoms with Crippen LogP contribution in [0.1, 0.15) is 499 Å². The molecule has 9 saturated carbocycles. The zero-order valence-corrected chi connectivity index (χ0v) is 65.5. The molecule has 0 heterocycles. The van der Waals surface area contributed by atoms with Crippen molar-refractivity contribution < 1.29 is 0 Å². The first-order valence-electron chi connectivity index (χ1n) is 40.6. The summed E-state index contributed by atoms with van der Waals surface area (Å²) in [7, 11) is 0. The lowest BCUT2D eigenvalue weighted by atomic mass is 9.67. The Bertz CT molecular complexity index is 1500. The van der Waals surface area contributed by atoms with Gasteiger partial charge in [-0.05, 0) is 176 Å². The van der Waals surface area contributed by atoms with E-state index < -0.39 is 0 Å². The maximum atomic E-state index is 2.46. The van der Waals surface area contributed by atoms with Crippen molar-refractivity contribution in [3.05, 3.63) is 0 Å². The van der Waals surface area contributed by atoms with Crippen molar-refractivity contribution >= 4 is 0 Å². The Kier molecular flexibility index (Phi) is 43.6. The molecule has 9 aliphatic rings. The smallest absolute Gasteiger partial charge is 0.0277 e. The molecule has 0 aromatic heterocycles. The standard InChI is InChI=1S/C14H28.C12H24.2C10H20.2C9H18.2C8H16.C7H14/c1-14(2)12-10-8-6-4-3-5-7-9-11-13-14;1-12(2)10-8-6-4-3-5-7-9-11-12;1-9(2,3)10(4)7-5-6-8-10;1-10(2)8-6-4-3-5-7-9-10;1-8(2)9(3)6-4-5-7-9;1-9(2)7-5-3-4-6-8-9;1-8(2)6-4-3-5-7-8;1-3-8(2)6-4-5-7-8;1-7(2)5-3-4-6-7/h3-13H2,1-2H3;3-11H2,1-2H3;5-8H2,1-4H3;3-9H2,1-2H3;8H,4-7H2,1-3H3;3-8H2,1-2H3;2*3-7H2,1-2H3;3-6H2,1-2H3. The molecule has 0 heteroatoms. The van der Waals surface area contributed by atoms with Crippen molar-refractivity contribution in [1.29, 1.82) is 0 Å². The minimum atomic E-state index is 0.517. The third-order valence-corrected chi connectivity index (χ3v) is 25.6. The molecule has 522 valence electrons. The Hall–Kier alpha value is 0. The number of hydrogen-bond acceptors (Lipinski definition) is 0. The summed E-state index contributed by atoms with van der Waals surface area (Å²) in [4.78, 5) is 0. The quantitative estimate of drug-likeness (QED) is 0.242. The van der Waals surface area contributed by atoms with E-state index in [1.807, 2.05) is 0 Å². The molecule has 0 nitrogen and oxygen atoms in total. The zero-order valence-electron chi connectivity index (χ0n) is 65.5. The van der Waals surface area contributed by atoms with Crippen molar-refractivity contribution in [2.45, 2.75) is 499 Å². The molecule has 0 bridgehead atoms. The minimum Gasteiger partial charge on any atom is -0.0649 e. The molecule has 87 heavy (non-hydrogen) atoms. The van der Waals surface area contributed by atoms with Gasteiger partial charge in [0.1, 0.15) is 0 Å². The SMILES string of the molecule is CC(C)(C)C1(C)CCCC1.CC(C)C1(C)CCCC1.CC1(C)CCCC1.CC1(C)CCCCC1.CC1(C)CCCCCC1.CC1(C)CCCCCCC1.CC1(C)CCCCCCCCC1.CC1(C)CCCCCCCCCCC1.CCC1(C)CCCC1. The summed E-state index contributed by atoms with van der Waals surface area (Å²) < 4.78 is 0. The highest BCUT2D eigenvalue weighted by Crippen LogP contribution is 2.50. The van der Waals surface area contributed by atoms with Gasteiger partial charge in [-0.1, -0.05) is 383 Å². The molecule has 0 N–H and O–H groups in total. The Morgan fingerprint density at radius 2 is 0.368 bits per heavy atom. The zero-order chi connectivity index (χ0) is 65.5. The van der Waals surface area contributed by atoms with Gasteiger partial charge in [0, 0.05) is 0 Å². The van der Waals surface area contributed by atoms with Gasteiger partial charge in [0.05, 0.1) is 0 Å². The fourth-order valence-corrected chi connectivity index (χ4v) is 16.4. The minimum absolute atomic E-state index is 0.517. The Labute approximate surface area is 555 Å². The first-order chi connectivity index (χ1) is 40.6. The highest BCUT2D eigenvalue weighted by atomic mass is 14.4. The van der Waals surface area contributed by atoms with Gasteiger partial charge in [0.25, 0.3) is 0 Å². The fourth-order valence-electron chi connectivity index (χ4n) is 16.4. The van der Waals surface area contributed by atoms with Gasteiger partial charge in [-0.15, -0.1) is 0 Å². The largest absolute Gasteiger partial charge is 0.0649 e. The van der Waals surface area contributed by atoms with Crippen molar-refractivity contribution in [3.8, 4) is 0 Å². The van der Waals surface area contributed by atoms with E-state index in [-0.39, 0.29) is 0 Å². The van der Waals surface area contributed by atoms with E-state index in [4.69, 9.17) is 0 Å². The molecule has 0 spiro atoms. The Morgan fingerprint density at radius 1 is 0.218 bits per heavy atom. The van der Waals surface area contributed by atoms with Crippen LogP contribution in [0.3, 0.4) is 0 Å². The van der Waals surface area contributed by atoms with Crippen LogP contribution in [0.25, 0.3) is 0 Å². The van der Waals surface area contributed by atoms with Crippen LogP contribution < -0.4 is 0 Å². The maximum Gasteiger partial charge on any atom is -0.0277 e. The third kappa shape index (κ3) is 44.3. The van der Waals surface area contributed by atoms with E-state index >= 15 is 0 Å². The van der Waals surface area contributed by atoms with Crippen molar-refractivity contribution in [2.24, 2.45) is 60.1 Å². The van der Waals surface area contributed by atoms with Crippen LogP contribution in [0.4, 0.5) is 0 Å². The lowest BCUT2D eigenvalue weighted by Gasteiger charge is -2.38. The van der Waals surface area contributed by atoms with E-state index in [0.717, 1.165) is 11.3 Å². The summed E-state index contributed by atoms with van der Waals surface area (Å²) in [5, 5.41) is 0. The highest BCUT2D eigenvalue weighted by molar-refractivity contribution is 4.90. The van der Waals surface area contributed by atoms with E-state index in [1.165, 1.54) is 353 Å². The van der Waals surface area contributed by atoms with Crippen molar-refractivity contribution in [2.75, 3.05) is 0 Å². The summed E-state index contributed by atoms with van der Waals surface area (Å²) >= 11 is 0.